The van der Waals surface area contributed by atoms with E-state index in [-0.39, 0.29) is 0 Å². The molecule has 2 atom stereocenters. The number of rotatable bonds is 6. The smallest absolute Gasteiger partial charge is 0.420 e. The highest BCUT2D eigenvalue weighted by Crippen LogP contribution is 2.01. The van der Waals surface area contributed by atoms with E-state index in [0.29, 0.717) is 0 Å². The van der Waals surface area contributed by atoms with Crippen molar-refractivity contribution >= 4 is 29.8 Å². The van der Waals surface area contributed by atoms with Crippen molar-refractivity contribution in [2.24, 2.45) is 5.73 Å². The molecule has 0 spiro atoms. The van der Waals surface area contributed by atoms with Crippen molar-refractivity contribution in [1.82, 2.24) is 0 Å². The molecule has 11 heteroatoms. The number of carboxylic acid groups (broad SMARTS) is 3. The van der Waals surface area contributed by atoms with E-state index in [2.05, 4.69) is 9.47 Å². The molecule has 5 N–H and O–H groups in total. The summed E-state index contributed by atoms with van der Waals surface area (Å²) in [7, 11) is 0. The lowest BCUT2D eigenvalue weighted by Gasteiger charge is -2.13. The van der Waals surface area contributed by atoms with Gasteiger partial charge in [0.05, 0.1) is 6.42 Å². The van der Waals surface area contributed by atoms with Gasteiger partial charge < -0.3 is 30.5 Å². The summed E-state index contributed by atoms with van der Waals surface area (Å²) in [6.07, 6.45) is -3.39. The fourth-order valence-electron chi connectivity index (χ4n) is 0.707. The number of aliphatic carboxylic acids is 3. The number of carbonyl (C=O) groups is 5. The Balaban J connectivity index is 4.55. The van der Waals surface area contributed by atoms with Gasteiger partial charge in [-0.1, -0.05) is 0 Å². The fraction of sp³-hybridized carbons (Fsp3) is 0.375. The largest absolute Gasteiger partial charge is 0.480 e. The third-order valence-corrected chi connectivity index (χ3v) is 1.53. The molecular weight excluding hydrogens is 270 g/mol. The second-order valence-electron chi connectivity index (χ2n) is 3.02. The lowest BCUT2D eigenvalue weighted by atomic mass is 10.2. The topological polar surface area (TPSA) is 191 Å². The number of esters is 2. The van der Waals surface area contributed by atoms with E-state index < -0.39 is 48.6 Å². The van der Waals surface area contributed by atoms with E-state index in [1.54, 1.807) is 0 Å². The molecule has 0 aromatic carbocycles. The quantitative estimate of drug-likeness (QED) is 0.226. The monoisotopic (exact) mass is 279 g/mol. The molecule has 0 radical (unpaired) electrons. The Bertz CT molecular complexity index is 416. The van der Waals surface area contributed by atoms with Crippen LogP contribution < -0.4 is 5.73 Å². The molecular formula is C8H9NO10. The highest BCUT2D eigenvalue weighted by Gasteiger charge is 2.30. The van der Waals surface area contributed by atoms with Crippen molar-refractivity contribution in [2.45, 2.75) is 18.8 Å². The zero-order valence-corrected chi connectivity index (χ0v) is 9.14. The fourth-order valence-corrected chi connectivity index (χ4v) is 0.707. The summed E-state index contributed by atoms with van der Waals surface area (Å²) in [6, 6.07) is -1.64. The predicted molar refractivity (Wildman–Crippen MR) is 51.5 cm³/mol. The Morgan fingerprint density at radius 3 is 1.84 bits per heavy atom. The standard InChI is InChI=1S/C8H9NO10/c9-2(4(11)12)1-3(10)18-8(6(15)16)19-7(17)5(13)14/h2,8H,1,9H2,(H,11,12)(H,13,14)(H,15,16). The molecule has 0 aliphatic rings. The third kappa shape index (κ3) is 5.97. The van der Waals surface area contributed by atoms with Gasteiger partial charge in [-0.3, -0.25) is 9.59 Å². The average Bonchev–Trinajstić information content (AvgIpc) is 2.27. The van der Waals surface area contributed by atoms with Crippen molar-refractivity contribution in [3.8, 4) is 0 Å². The van der Waals surface area contributed by atoms with E-state index in [0.717, 1.165) is 0 Å². The van der Waals surface area contributed by atoms with Gasteiger partial charge in [-0.05, 0) is 0 Å². The number of carbonyl (C=O) groups excluding carboxylic acids is 2. The van der Waals surface area contributed by atoms with Gasteiger partial charge >= 0.3 is 36.1 Å². The number of carboxylic acids is 3. The second kappa shape index (κ2) is 6.90. The predicted octanol–water partition coefficient (Wildman–Crippen LogP) is -2.63. The van der Waals surface area contributed by atoms with Crippen LogP contribution in [0.3, 0.4) is 0 Å². The summed E-state index contributed by atoms with van der Waals surface area (Å²) in [5.74, 6) is -8.93. The second-order valence-corrected chi connectivity index (χ2v) is 3.02. The van der Waals surface area contributed by atoms with Crippen molar-refractivity contribution in [3.63, 3.8) is 0 Å². The number of ether oxygens (including phenoxy) is 2. The van der Waals surface area contributed by atoms with Crippen LogP contribution in [0.25, 0.3) is 0 Å². The Morgan fingerprint density at radius 1 is 0.947 bits per heavy atom. The summed E-state index contributed by atoms with van der Waals surface area (Å²) in [5.41, 5.74) is 4.97. The maximum atomic E-state index is 11.1. The lowest BCUT2D eigenvalue weighted by molar-refractivity contribution is -0.204. The number of nitrogens with two attached hydrogens (primary N) is 1. The van der Waals surface area contributed by atoms with Crippen LogP contribution in [-0.2, 0) is 33.4 Å². The summed E-state index contributed by atoms with van der Waals surface area (Å²) in [6.45, 7) is 0. The van der Waals surface area contributed by atoms with Crippen molar-refractivity contribution < 1.29 is 48.8 Å². The number of hydrogen-bond donors (Lipinski definition) is 4. The van der Waals surface area contributed by atoms with Crippen LogP contribution in [0.2, 0.25) is 0 Å². The molecule has 11 nitrogen and oxygen atoms in total. The van der Waals surface area contributed by atoms with Gasteiger partial charge in [-0.25, -0.2) is 14.4 Å². The molecule has 0 amide bonds. The van der Waals surface area contributed by atoms with Gasteiger partial charge in [0.1, 0.15) is 6.04 Å². The third-order valence-electron chi connectivity index (χ3n) is 1.53. The first-order valence-electron chi connectivity index (χ1n) is 4.49. The first kappa shape index (κ1) is 16.3. The first-order chi connectivity index (χ1) is 8.65. The summed E-state index contributed by atoms with van der Waals surface area (Å²) in [4.78, 5) is 52.6. The van der Waals surface area contributed by atoms with Crippen LogP contribution in [0.15, 0.2) is 0 Å². The molecule has 0 aromatic heterocycles. The minimum atomic E-state index is -2.50. The summed E-state index contributed by atoms with van der Waals surface area (Å²) in [5, 5.41) is 25.0. The molecule has 0 heterocycles. The van der Waals surface area contributed by atoms with E-state index in [4.69, 9.17) is 21.1 Å². The van der Waals surface area contributed by atoms with Gasteiger partial charge in [0.25, 0.3) is 0 Å². The molecule has 19 heavy (non-hydrogen) atoms. The minimum absolute atomic E-state index is 0.885. The molecule has 0 aromatic rings. The van der Waals surface area contributed by atoms with E-state index in [9.17, 15) is 24.0 Å². The zero-order chi connectivity index (χ0) is 15.2. The van der Waals surface area contributed by atoms with Crippen molar-refractivity contribution in [3.05, 3.63) is 0 Å². The minimum Gasteiger partial charge on any atom is -0.480 e. The molecule has 0 aliphatic heterocycles. The highest BCUT2D eigenvalue weighted by molar-refractivity contribution is 6.28. The molecule has 0 aliphatic carbocycles. The van der Waals surface area contributed by atoms with E-state index >= 15 is 0 Å². The molecule has 2 unspecified atom stereocenters. The molecule has 0 bridgehead atoms. The SMILES string of the molecule is NC(CC(=O)OC(OC(=O)C(=O)O)C(=O)O)C(=O)O. The van der Waals surface area contributed by atoms with Gasteiger partial charge in [-0.2, -0.15) is 0 Å². The maximum Gasteiger partial charge on any atom is 0.420 e. The van der Waals surface area contributed by atoms with Crippen LogP contribution in [-0.4, -0.2) is 57.5 Å². The van der Waals surface area contributed by atoms with Gasteiger partial charge in [0, 0.05) is 0 Å². The normalized spacial score (nSPS) is 12.9. The van der Waals surface area contributed by atoms with Crippen molar-refractivity contribution in [1.29, 1.82) is 0 Å². The van der Waals surface area contributed by atoms with Crippen LogP contribution in [0.1, 0.15) is 6.42 Å². The van der Waals surface area contributed by atoms with Crippen LogP contribution in [0, 0.1) is 0 Å². The molecule has 0 fully saturated rings. The lowest BCUT2D eigenvalue weighted by Crippen LogP contribution is -2.38. The van der Waals surface area contributed by atoms with Crippen LogP contribution >= 0.6 is 0 Å². The van der Waals surface area contributed by atoms with E-state index in [1.165, 1.54) is 0 Å². The Kier molecular flexibility index (Phi) is 5.93. The number of hydrogen-bond acceptors (Lipinski definition) is 8. The molecule has 0 rings (SSSR count). The zero-order valence-electron chi connectivity index (χ0n) is 9.14. The van der Waals surface area contributed by atoms with Gasteiger partial charge in [0.2, 0.25) is 0 Å². The van der Waals surface area contributed by atoms with Crippen molar-refractivity contribution in [2.75, 3.05) is 0 Å². The van der Waals surface area contributed by atoms with Gasteiger partial charge in [0.15, 0.2) is 0 Å². The van der Waals surface area contributed by atoms with Crippen LogP contribution in [0.5, 0.6) is 0 Å². The summed E-state index contributed by atoms with van der Waals surface area (Å²) < 4.78 is 7.88. The summed E-state index contributed by atoms with van der Waals surface area (Å²) >= 11 is 0. The molecule has 0 saturated heterocycles. The van der Waals surface area contributed by atoms with Crippen LogP contribution in [0.4, 0.5) is 0 Å². The average molecular weight is 279 g/mol. The Morgan fingerprint density at radius 2 is 1.47 bits per heavy atom. The Hall–Kier alpha value is -2.69. The Labute approximate surface area is 104 Å². The first-order valence-corrected chi connectivity index (χ1v) is 4.49. The maximum absolute atomic E-state index is 11.1. The molecule has 0 saturated carbocycles. The highest BCUT2D eigenvalue weighted by atomic mass is 16.7. The molecule has 106 valence electrons. The van der Waals surface area contributed by atoms with E-state index in [1.807, 2.05) is 0 Å². The van der Waals surface area contributed by atoms with Gasteiger partial charge in [-0.15, -0.1) is 0 Å².